The van der Waals surface area contributed by atoms with E-state index in [0.717, 1.165) is 31.7 Å². The molecule has 28 heavy (non-hydrogen) atoms. The molecule has 1 N–H and O–H groups in total. The van der Waals surface area contributed by atoms with Crippen molar-refractivity contribution in [1.29, 1.82) is 5.26 Å². The SMILES string of the molecule is Cc1cccc(N2CCN(/C=C(/C#N)C(=O)NCc3ccccc3)CC2)c1C. The van der Waals surface area contributed by atoms with Crippen molar-refractivity contribution < 1.29 is 4.79 Å². The molecule has 1 amide bonds. The molecule has 1 aliphatic heterocycles. The summed E-state index contributed by atoms with van der Waals surface area (Å²) in [4.78, 5) is 16.8. The van der Waals surface area contributed by atoms with Crippen LogP contribution >= 0.6 is 0 Å². The minimum atomic E-state index is -0.330. The zero-order valence-corrected chi connectivity index (χ0v) is 16.5. The average Bonchev–Trinajstić information content (AvgIpc) is 2.73. The van der Waals surface area contributed by atoms with Gasteiger partial charge in [-0.2, -0.15) is 5.26 Å². The van der Waals surface area contributed by atoms with Crippen molar-refractivity contribution in [3.05, 3.63) is 77.0 Å². The summed E-state index contributed by atoms with van der Waals surface area (Å²) in [6.07, 6.45) is 1.70. The van der Waals surface area contributed by atoms with E-state index in [0.29, 0.717) is 6.54 Å². The van der Waals surface area contributed by atoms with Crippen LogP contribution in [0.4, 0.5) is 5.69 Å². The molecule has 1 heterocycles. The Bertz CT molecular complexity index is 891. The van der Waals surface area contributed by atoms with Gasteiger partial charge < -0.3 is 15.1 Å². The van der Waals surface area contributed by atoms with Crippen molar-refractivity contribution >= 4 is 11.6 Å². The number of anilines is 1. The second-order valence-corrected chi connectivity index (χ2v) is 7.06. The Balaban J connectivity index is 1.58. The molecule has 5 heteroatoms. The molecule has 144 valence electrons. The lowest BCUT2D eigenvalue weighted by molar-refractivity contribution is -0.117. The molecule has 1 fully saturated rings. The van der Waals surface area contributed by atoms with Crippen LogP contribution in [0.15, 0.2) is 60.3 Å². The monoisotopic (exact) mass is 374 g/mol. The average molecular weight is 374 g/mol. The van der Waals surface area contributed by atoms with E-state index in [-0.39, 0.29) is 11.5 Å². The third-order valence-electron chi connectivity index (χ3n) is 5.20. The summed E-state index contributed by atoms with van der Waals surface area (Å²) in [5.74, 6) is -0.330. The maximum Gasteiger partial charge on any atom is 0.263 e. The number of benzene rings is 2. The fourth-order valence-corrected chi connectivity index (χ4v) is 3.36. The van der Waals surface area contributed by atoms with Gasteiger partial charge in [0.2, 0.25) is 0 Å². The lowest BCUT2D eigenvalue weighted by Gasteiger charge is -2.36. The van der Waals surface area contributed by atoms with Crippen LogP contribution in [0.25, 0.3) is 0 Å². The molecule has 0 radical (unpaired) electrons. The highest BCUT2D eigenvalue weighted by molar-refractivity contribution is 5.97. The van der Waals surface area contributed by atoms with Crippen molar-refractivity contribution in [1.82, 2.24) is 10.2 Å². The van der Waals surface area contributed by atoms with Gasteiger partial charge in [0.25, 0.3) is 5.91 Å². The molecule has 0 atom stereocenters. The highest BCUT2D eigenvalue weighted by atomic mass is 16.1. The number of nitriles is 1. The third-order valence-corrected chi connectivity index (χ3v) is 5.20. The summed E-state index contributed by atoms with van der Waals surface area (Å²) in [6.45, 7) is 8.00. The van der Waals surface area contributed by atoms with Gasteiger partial charge in [-0.15, -0.1) is 0 Å². The quantitative estimate of drug-likeness (QED) is 0.645. The molecule has 0 unspecified atom stereocenters. The highest BCUT2D eigenvalue weighted by Crippen LogP contribution is 2.24. The molecule has 5 nitrogen and oxygen atoms in total. The van der Waals surface area contributed by atoms with E-state index in [4.69, 9.17) is 0 Å². The fraction of sp³-hybridized carbons (Fsp3) is 0.304. The second kappa shape index (κ2) is 9.09. The number of nitrogens with one attached hydrogen (secondary N) is 1. The van der Waals surface area contributed by atoms with E-state index in [1.165, 1.54) is 16.8 Å². The third kappa shape index (κ3) is 4.72. The van der Waals surface area contributed by atoms with Crippen LogP contribution < -0.4 is 10.2 Å². The molecular weight excluding hydrogens is 348 g/mol. The summed E-state index contributed by atoms with van der Waals surface area (Å²) in [6, 6.07) is 18.1. The van der Waals surface area contributed by atoms with E-state index >= 15 is 0 Å². The lowest BCUT2D eigenvalue weighted by Crippen LogP contribution is -2.44. The van der Waals surface area contributed by atoms with E-state index in [2.05, 4.69) is 47.2 Å². The van der Waals surface area contributed by atoms with Crippen molar-refractivity contribution in [2.75, 3.05) is 31.1 Å². The van der Waals surface area contributed by atoms with Crippen molar-refractivity contribution in [2.24, 2.45) is 0 Å². The number of nitrogens with zero attached hydrogens (tertiary/aromatic N) is 3. The topological polar surface area (TPSA) is 59.4 Å². The smallest absolute Gasteiger partial charge is 0.263 e. The molecule has 2 aromatic carbocycles. The first-order chi connectivity index (χ1) is 13.6. The van der Waals surface area contributed by atoms with Gasteiger partial charge in [-0.05, 0) is 36.6 Å². The normalized spacial score (nSPS) is 14.5. The standard InChI is InChI=1S/C23H26N4O/c1-18-7-6-10-22(19(18)2)27-13-11-26(12-14-27)17-21(15-24)23(28)25-16-20-8-4-3-5-9-20/h3-10,17H,11-14,16H2,1-2H3,(H,25,28)/b21-17-. The lowest BCUT2D eigenvalue weighted by atomic mass is 10.1. The number of hydrogen-bond donors (Lipinski definition) is 1. The Morgan fingerprint density at radius 1 is 1.07 bits per heavy atom. The van der Waals surface area contributed by atoms with Gasteiger partial charge in [0.05, 0.1) is 0 Å². The maximum atomic E-state index is 12.4. The number of amides is 1. The van der Waals surface area contributed by atoms with E-state index in [1.807, 2.05) is 36.4 Å². The highest BCUT2D eigenvalue weighted by Gasteiger charge is 2.19. The van der Waals surface area contributed by atoms with Crippen molar-refractivity contribution in [3.8, 4) is 6.07 Å². The Kier molecular flexibility index (Phi) is 6.33. The minimum absolute atomic E-state index is 0.149. The molecule has 1 saturated heterocycles. The van der Waals surface area contributed by atoms with E-state index in [1.54, 1.807) is 6.20 Å². The number of rotatable bonds is 5. The summed E-state index contributed by atoms with van der Waals surface area (Å²) >= 11 is 0. The summed E-state index contributed by atoms with van der Waals surface area (Å²) < 4.78 is 0. The first-order valence-electron chi connectivity index (χ1n) is 9.57. The van der Waals surface area contributed by atoms with Crippen LogP contribution in [0, 0.1) is 25.2 Å². The number of piperazine rings is 1. The molecule has 1 aliphatic rings. The molecule has 0 bridgehead atoms. The van der Waals surface area contributed by atoms with Gasteiger partial charge >= 0.3 is 0 Å². The summed E-state index contributed by atoms with van der Waals surface area (Å²) in [7, 11) is 0. The van der Waals surface area contributed by atoms with Gasteiger partial charge in [0, 0.05) is 44.6 Å². The molecule has 0 spiro atoms. The maximum absolute atomic E-state index is 12.4. The Labute approximate surface area is 166 Å². The number of aryl methyl sites for hydroxylation is 1. The van der Waals surface area contributed by atoms with Crippen LogP contribution in [0.2, 0.25) is 0 Å². The predicted octanol–water partition coefficient (Wildman–Crippen LogP) is 3.15. The van der Waals surface area contributed by atoms with Crippen molar-refractivity contribution in [3.63, 3.8) is 0 Å². The Hall–Kier alpha value is -3.26. The van der Waals surface area contributed by atoms with E-state index in [9.17, 15) is 10.1 Å². The number of hydrogen-bond acceptors (Lipinski definition) is 4. The van der Waals surface area contributed by atoms with Gasteiger partial charge in [-0.3, -0.25) is 4.79 Å². The Morgan fingerprint density at radius 3 is 2.46 bits per heavy atom. The number of carbonyl (C=O) groups excluding carboxylic acids is 1. The largest absolute Gasteiger partial charge is 0.373 e. The van der Waals surface area contributed by atoms with Crippen LogP contribution in [0.3, 0.4) is 0 Å². The van der Waals surface area contributed by atoms with Gasteiger partial charge in [0.1, 0.15) is 11.6 Å². The second-order valence-electron chi connectivity index (χ2n) is 7.06. The fourth-order valence-electron chi connectivity index (χ4n) is 3.36. The molecule has 0 aliphatic carbocycles. The van der Waals surface area contributed by atoms with Crippen LogP contribution in [-0.4, -0.2) is 37.0 Å². The predicted molar refractivity (Wildman–Crippen MR) is 112 cm³/mol. The summed E-state index contributed by atoms with van der Waals surface area (Å²) in [5, 5.41) is 12.2. The molecule has 0 saturated carbocycles. The van der Waals surface area contributed by atoms with Gasteiger partial charge in [-0.25, -0.2) is 0 Å². The first-order valence-corrected chi connectivity index (χ1v) is 9.57. The zero-order valence-electron chi connectivity index (χ0n) is 16.5. The van der Waals surface area contributed by atoms with E-state index < -0.39 is 0 Å². The van der Waals surface area contributed by atoms with Gasteiger partial charge in [-0.1, -0.05) is 42.5 Å². The first kappa shape index (κ1) is 19.5. The van der Waals surface area contributed by atoms with Crippen LogP contribution in [-0.2, 0) is 11.3 Å². The Morgan fingerprint density at radius 2 is 1.79 bits per heavy atom. The van der Waals surface area contributed by atoms with Crippen LogP contribution in [0.5, 0.6) is 0 Å². The van der Waals surface area contributed by atoms with Crippen LogP contribution in [0.1, 0.15) is 16.7 Å². The minimum Gasteiger partial charge on any atom is -0.373 e. The zero-order chi connectivity index (χ0) is 19.9. The molecular formula is C23H26N4O. The molecule has 3 rings (SSSR count). The van der Waals surface area contributed by atoms with Crippen molar-refractivity contribution in [2.45, 2.75) is 20.4 Å². The summed E-state index contributed by atoms with van der Waals surface area (Å²) in [5.41, 5.74) is 5.03. The van der Waals surface area contributed by atoms with Gasteiger partial charge in [0.15, 0.2) is 0 Å². The molecule has 2 aromatic rings. The number of carbonyl (C=O) groups is 1. The molecule has 0 aromatic heterocycles.